The third-order valence-electron chi connectivity index (χ3n) is 3.15. The van der Waals surface area contributed by atoms with Gasteiger partial charge in [-0.3, -0.25) is 5.10 Å². The zero-order valence-electron chi connectivity index (χ0n) is 10.8. The molecule has 0 bridgehead atoms. The first kappa shape index (κ1) is 12.3. The number of aromatic nitrogens is 6. The van der Waals surface area contributed by atoms with E-state index in [0.717, 1.165) is 27.0 Å². The van der Waals surface area contributed by atoms with Gasteiger partial charge in [-0.25, -0.2) is 15.0 Å². The Morgan fingerprint density at radius 2 is 2.19 bits per heavy atom. The number of hydrogen-bond donors (Lipinski definition) is 2. The van der Waals surface area contributed by atoms with E-state index in [4.69, 9.17) is 0 Å². The lowest BCUT2D eigenvalue weighted by Gasteiger charge is -2.03. The van der Waals surface area contributed by atoms with Crippen LogP contribution in [0.25, 0.3) is 16.7 Å². The number of halogens is 1. The molecule has 0 radical (unpaired) electrons. The minimum absolute atomic E-state index is 0.580. The molecule has 4 aromatic heterocycles. The second kappa shape index (κ2) is 4.81. The van der Waals surface area contributed by atoms with Crippen LogP contribution in [0, 0.1) is 0 Å². The molecule has 0 amide bonds. The van der Waals surface area contributed by atoms with Gasteiger partial charge < -0.3 is 9.72 Å². The van der Waals surface area contributed by atoms with Crippen molar-refractivity contribution < 1.29 is 0 Å². The van der Waals surface area contributed by atoms with E-state index in [2.05, 4.69) is 46.4 Å². The van der Waals surface area contributed by atoms with Gasteiger partial charge in [0.15, 0.2) is 5.65 Å². The highest BCUT2D eigenvalue weighted by atomic mass is 79.9. The maximum Gasteiger partial charge on any atom is 0.160 e. The summed E-state index contributed by atoms with van der Waals surface area (Å²) < 4.78 is 3.00. The highest BCUT2D eigenvalue weighted by Crippen LogP contribution is 2.17. The third-order valence-corrected chi connectivity index (χ3v) is 3.62. The fraction of sp³-hybridized carbons (Fsp3) is 0.0769. The van der Waals surface area contributed by atoms with E-state index in [0.29, 0.717) is 12.2 Å². The van der Waals surface area contributed by atoms with Gasteiger partial charge in [0, 0.05) is 16.9 Å². The molecule has 7 nitrogen and oxygen atoms in total. The van der Waals surface area contributed by atoms with Crippen molar-refractivity contribution in [3.05, 3.63) is 47.2 Å². The number of nitrogens with one attached hydrogen (secondary N) is 2. The van der Waals surface area contributed by atoms with E-state index in [1.165, 1.54) is 6.33 Å². The molecule has 0 aromatic carbocycles. The molecule has 0 spiro atoms. The summed E-state index contributed by atoms with van der Waals surface area (Å²) in [5, 5.41) is 10.9. The summed E-state index contributed by atoms with van der Waals surface area (Å²) in [6.07, 6.45) is 7.17. The molecular formula is C13H10BrN7. The zero-order valence-corrected chi connectivity index (χ0v) is 12.4. The standard InChI is InChI=1S/C13H10BrN7/c14-8-1-2-11-19-9(6-21(11)5-8)3-15-12-10-4-18-20-13(10)17-7-16-12/h1-2,4-7H,3H2,(H2,15,16,17,18,20). The number of pyridine rings is 1. The van der Waals surface area contributed by atoms with Crippen LogP contribution in [0.3, 0.4) is 0 Å². The van der Waals surface area contributed by atoms with Gasteiger partial charge in [0.05, 0.1) is 23.8 Å². The molecule has 0 aliphatic rings. The van der Waals surface area contributed by atoms with E-state index in [9.17, 15) is 0 Å². The molecule has 4 heterocycles. The number of rotatable bonds is 3. The second-order valence-electron chi connectivity index (χ2n) is 4.55. The molecule has 21 heavy (non-hydrogen) atoms. The summed E-state index contributed by atoms with van der Waals surface area (Å²) in [4.78, 5) is 12.9. The second-order valence-corrected chi connectivity index (χ2v) is 5.47. The molecule has 0 fully saturated rings. The SMILES string of the molecule is Brc1ccc2nc(CNc3ncnc4[nH]ncc34)cn2c1. The summed E-state index contributed by atoms with van der Waals surface area (Å²) in [6.45, 7) is 0.580. The van der Waals surface area contributed by atoms with Crippen LogP contribution in [0.4, 0.5) is 5.82 Å². The molecule has 0 saturated heterocycles. The van der Waals surface area contributed by atoms with Crippen LogP contribution in [0.15, 0.2) is 41.5 Å². The summed E-state index contributed by atoms with van der Waals surface area (Å²) in [7, 11) is 0. The van der Waals surface area contributed by atoms with E-state index in [-0.39, 0.29) is 0 Å². The third kappa shape index (κ3) is 2.23. The molecule has 8 heteroatoms. The van der Waals surface area contributed by atoms with Crippen LogP contribution in [0.5, 0.6) is 0 Å². The number of fused-ring (bicyclic) bond motifs is 2. The van der Waals surface area contributed by atoms with Crippen LogP contribution >= 0.6 is 15.9 Å². The zero-order chi connectivity index (χ0) is 14.2. The quantitative estimate of drug-likeness (QED) is 0.596. The van der Waals surface area contributed by atoms with Gasteiger partial charge in [0.2, 0.25) is 0 Å². The van der Waals surface area contributed by atoms with Gasteiger partial charge in [0.1, 0.15) is 17.8 Å². The monoisotopic (exact) mass is 343 g/mol. The van der Waals surface area contributed by atoms with Crippen molar-refractivity contribution in [2.24, 2.45) is 0 Å². The Morgan fingerprint density at radius 1 is 1.24 bits per heavy atom. The Morgan fingerprint density at radius 3 is 3.14 bits per heavy atom. The van der Waals surface area contributed by atoms with Gasteiger partial charge in [0.25, 0.3) is 0 Å². The predicted octanol–water partition coefficient (Wildman–Crippen LogP) is 2.38. The Balaban J connectivity index is 1.61. The van der Waals surface area contributed by atoms with E-state index in [1.807, 2.05) is 28.9 Å². The molecule has 4 aromatic rings. The molecule has 0 saturated carbocycles. The Hall–Kier alpha value is -2.48. The summed E-state index contributed by atoms with van der Waals surface area (Å²) in [6, 6.07) is 3.94. The number of imidazole rings is 1. The normalized spacial score (nSPS) is 11.3. The smallest absolute Gasteiger partial charge is 0.160 e. The van der Waals surface area contributed by atoms with E-state index < -0.39 is 0 Å². The van der Waals surface area contributed by atoms with Crippen LogP contribution in [0.2, 0.25) is 0 Å². The first-order valence-electron chi connectivity index (χ1n) is 6.31. The largest absolute Gasteiger partial charge is 0.364 e. The minimum atomic E-state index is 0.580. The summed E-state index contributed by atoms with van der Waals surface area (Å²) >= 11 is 3.45. The van der Waals surface area contributed by atoms with Gasteiger partial charge >= 0.3 is 0 Å². The lowest BCUT2D eigenvalue weighted by atomic mass is 10.4. The molecule has 0 aliphatic carbocycles. The molecule has 0 unspecified atom stereocenters. The van der Waals surface area contributed by atoms with E-state index in [1.54, 1.807) is 6.20 Å². The lowest BCUT2D eigenvalue weighted by Crippen LogP contribution is -2.02. The van der Waals surface area contributed by atoms with Crippen molar-refractivity contribution in [2.45, 2.75) is 6.54 Å². The van der Waals surface area contributed by atoms with Crippen molar-refractivity contribution in [3.63, 3.8) is 0 Å². The van der Waals surface area contributed by atoms with Gasteiger partial charge in [-0.05, 0) is 28.1 Å². The maximum absolute atomic E-state index is 4.55. The molecule has 0 atom stereocenters. The van der Waals surface area contributed by atoms with Crippen molar-refractivity contribution in [3.8, 4) is 0 Å². The fourth-order valence-electron chi connectivity index (χ4n) is 2.18. The van der Waals surface area contributed by atoms with Crippen molar-refractivity contribution in [1.29, 1.82) is 0 Å². The van der Waals surface area contributed by atoms with Gasteiger partial charge in [-0.15, -0.1) is 0 Å². The summed E-state index contributed by atoms with van der Waals surface area (Å²) in [5.74, 6) is 0.743. The van der Waals surface area contributed by atoms with Crippen LogP contribution in [0.1, 0.15) is 5.69 Å². The molecule has 104 valence electrons. The van der Waals surface area contributed by atoms with Crippen LogP contribution < -0.4 is 5.32 Å². The minimum Gasteiger partial charge on any atom is -0.364 e. The number of nitrogens with zero attached hydrogens (tertiary/aromatic N) is 5. The molecule has 2 N–H and O–H groups in total. The number of H-pyrrole nitrogens is 1. The summed E-state index contributed by atoms with van der Waals surface area (Å²) in [5.41, 5.74) is 2.56. The first-order chi connectivity index (χ1) is 10.3. The fourth-order valence-corrected chi connectivity index (χ4v) is 2.54. The highest BCUT2D eigenvalue weighted by molar-refractivity contribution is 9.10. The predicted molar refractivity (Wildman–Crippen MR) is 81.9 cm³/mol. The number of aromatic amines is 1. The first-order valence-corrected chi connectivity index (χ1v) is 7.10. The van der Waals surface area contributed by atoms with E-state index >= 15 is 0 Å². The lowest BCUT2D eigenvalue weighted by molar-refractivity contribution is 1.05. The Labute approximate surface area is 127 Å². The van der Waals surface area contributed by atoms with Gasteiger partial charge in [-0.2, -0.15) is 5.10 Å². The molecule has 4 rings (SSSR count). The van der Waals surface area contributed by atoms with Crippen LogP contribution in [-0.4, -0.2) is 29.5 Å². The Kier molecular flexibility index (Phi) is 2.81. The molecular weight excluding hydrogens is 334 g/mol. The topological polar surface area (TPSA) is 83.8 Å². The van der Waals surface area contributed by atoms with Crippen molar-refractivity contribution in [1.82, 2.24) is 29.5 Å². The highest BCUT2D eigenvalue weighted by Gasteiger charge is 2.06. The van der Waals surface area contributed by atoms with Crippen LogP contribution in [-0.2, 0) is 6.54 Å². The number of hydrogen-bond acceptors (Lipinski definition) is 5. The van der Waals surface area contributed by atoms with Crippen molar-refractivity contribution in [2.75, 3.05) is 5.32 Å². The van der Waals surface area contributed by atoms with Gasteiger partial charge in [-0.1, -0.05) is 0 Å². The maximum atomic E-state index is 4.55. The van der Waals surface area contributed by atoms with Crippen molar-refractivity contribution >= 4 is 38.4 Å². The Bertz CT molecular complexity index is 926. The molecule has 0 aliphatic heterocycles. The average molecular weight is 344 g/mol. The average Bonchev–Trinajstić information content (AvgIpc) is 3.10. The number of anilines is 1.